The van der Waals surface area contributed by atoms with Crippen LogP contribution in [0.15, 0.2) is 30.3 Å². The van der Waals surface area contributed by atoms with Gasteiger partial charge in [-0.2, -0.15) is 0 Å². The fourth-order valence-corrected chi connectivity index (χ4v) is 3.20. The van der Waals surface area contributed by atoms with E-state index in [1.54, 1.807) is 0 Å². The monoisotopic (exact) mass is 300 g/mol. The van der Waals surface area contributed by atoms with Gasteiger partial charge < -0.3 is 0 Å². The summed E-state index contributed by atoms with van der Waals surface area (Å²) in [6, 6.07) is 10.4. The number of rotatable bonds is 3. The SMILES string of the molecule is CC(C)c1ccc(-c2nc(Cl)cc(C3CCCC3)n2)cc1. The van der Waals surface area contributed by atoms with E-state index in [0.29, 0.717) is 17.0 Å². The van der Waals surface area contributed by atoms with E-state index in [0.717, 1.165) is 17.1 Å². The van der Waals surface area contributed by atoms with Crippen LogP contribution in [-0.4, -0.2) is 9.97 Å². The summed E-state index contributed by atoms with van der Waals surface area (Å²) in [4.78, 5) is 9.17. The molecule has 0 spiro atoms. The van der Waals surface area contributed by atoms with Crippen molar-refractivity contribution in [2.45, 2.75) is 51.4 Å². The van der Waals surface area contributed by atoms with Crippen LogP contribution in [0.1, 0.15) is 62.6 Å². The van der Waals surface area contributed by atoms with Crippen molar-refractivity contribution < 1.29 is 0 Å². The third kappa shape index (κ3) is 3.26. The van der Waals surface area contributed by atoms with Gasteiger partial charge in [-0.3, -0.25) is 0 Å². The molecule has 1 aliphatic carbocycles. The average molecular weight is 301 g/mol. The van der Waals surface area contributed by atoms with Crippen LogP contribution in [0, 0.1) is 0 Å². The summed E-state index contributed by atoms with van der Waals surface area (Å²) in [5.74, 6) is 1.84. The van der Waals surface area contributed by atoms with E-state index in [2.05, 4.69) is 43.1 Å². The quantitative estimate of drug-likeness (QED) is 0.692. The Morgan fingerprint density at radius 3 is 2.33 bits per heavy atom. The van der Waals surface area contributed by atoms with E-state index in [1.807, 2.05) is 6.07 Å². The second-order valence-electron chi connectivity index (χ2n) is 6.20. The summed E-state index contributed by atoms with van der Waals surface area (Å²) in [6.45, 7) is 4.40. The molecule has 0 atom stereocenters. The lowest BCUT2D eigenvalue weighted by atomic mass is 10.0. The lowest BCUT2D eigenvalue weighted by molar-refractivity contribution is 0.695. The van der Waals surface area contributed by atoms with Gasteiger partial charge in [0, 0.05) is 17.2 Å². The van der Waals surface area contributed by atoms with E-state index in [-0.39, 0.29) is 0 Å². The van der Waals surface area contributed by atoms with Crippen molar-refractivity contribution in [3.8, 4) is 11.4 Å². The molecule has 1 fully saturated rings. The third-order valence-electron chi connectivity index (χ3n) is 4.32. The normalized spacial score (nSPS) is 15.8. The summed E-state index contributed by atoms with van der Waals surface area (Å²) in [5.41, 5.74) is 3.48. The van der Waals surface area contributed by atoms with Crippen LogP contribution in [0.2, 0.25) is 5.15 Å². The number of aromatic nitrogens is 2. The Kier molecular flexibility index (Phi) is 4.25. The minimum absolute atomic E-state index is 0.536. The van der Waals surface area contributed by atoms with Crippen molar-refractivity contribution >= 4 is 11.6 Å². The van der Waals surface area contributed by atoms with E-state index < -0.39 is 0 Å². The lowest BCUT2D eigenvalue weighted by Crippen LogP contribution is -2.00. The molecule has 3 heteroatoms. The molecule has 0 aliphatic heterocycles. The molecule has 21 heavy (non-hydrogen) atoms. The predicted octanol–water partition coefficient (Wildman–Crippen LogP) is 5.58. The zero-order valence-electron chi connectivity index (χ0n) is 12.6. The first-order valence-electron chi connectivity index (χ1n) is 7.78. The molecule has 2 nitrogen and oxygen atoms in total. The maximum Gasteiger partial charge on any atom is 0.161 e. The van der Waals surface area contributed by atoms with Gasteiger partial charge in [0.1, 0.15) is 5.15 Å². The van der Waals surface area contributed by atoms with E-state index >= 15 is 0 Å². The summed E-state index contributed by atoms with van der Waals surface area (Å²) in [7, 11) is 0. The average Bonchev–Trinajstić information content (AvgIpc) is 3.01. The number of hydrogen-bond acceptors (Lipinski definition) is 2. The highest BCUT2D eigenvalue weighted by Crippen LogP contribution is 2.34. The Bertz CT molecular complexity index is 614. The minimum atomic E-state index is 0.536. The topological polar surface area (TPSA) is 25.8 Å². The molecular formula is C18H21ClN2. The molecule has 1 aromatic heterocycles. The molecule has 1 saturated carbocycles. The smallest absolute Gasteiger partial charge is 0.161 e. The van der Waals surface area contributed by atoms with Gasteiger partial charge >= 0.3 is 0 Å². The van der Waals surface area contributed by atoms with Crippen molar-refractivity contribution in [3.05, 3.63) is 46.7 Å². The maximum atomic E-state index is 6.21. The van der Waals surface area contributed by atoms with Crippen LogP contribution in [0.5, 0.6) is 0 Å². The van der Waals surface area contributed by atoms with Gasteiger partial charge in [0.25, 0.3) is 0 Å². The Balaban J connectivity index is 1.93. The van der Waals surface area contributed by atoms with Crippen molar-refractivity contribution in [2.24, 2.45) is 0 Å². The third-order valence-corrected chi connectivity index (χ3v) is 4.52. The molecule has 0 N–H and O–H groups in total. The minimum Gasteiger partial charge on any atom is -0.233 e. The molecule has 110 valence electrons. The molecule has 3 rings (SSSR count). The summed E-state index contributed by atoms with van der Waals surface area (Å²) in [6.07, 6.45) is 5.04. The highest BCUT2D eigenvalue weighted by Gasteiger charge is 2.20. The van der Waals surface area contributed by atoms with E-state index in [9.17, 15) is 0 Å². The summed E-state index contributed by atoms with van der Waals surface area (Å²) >= 11 is 6.21. The first kappa shape index (κ1) is 14.5. The molecule has 0 radical (unpaired) electrons. The van der Waals surface area contributed by atoms with Gasteiger partial charge in [-0.1, -0.05) is 62.6 Å². The van der Waals surface area contributed by atoms with Crippen LogP contribution in [0.3, 0.4) is 0 Å². The van der Waals surface area contributed by atoms with Gasteiger partial charge in [-0.15, -0.1) is 0 Å². The largest absolute Gasteiger partial charge is 0.233 e. The molecule has 1 aliphatic rings. The van der Waals surface area contributed by atoms with Crippen LogP contribution >= 0.6 is 11.6 Å². The molecular weight excluding hydrogens is 280 g/mol. The second kappa shape index (κ2) is 6.15. The molecule has 1 heterocycles. The zero-order chi connectivity index (χ0) is 14.8. The van der Waals surface area contributed by atoms with Gasteiger partial charge in [0.05, 0.1) is 0 Å². The summed E-state index contributed by atoms with van der Waals surface area (Å²) in [5, 5.41) is 0.551. The van der Waals surface area contributed by atoms with Gasteiger partial charge in [-0.05, 0) is 30.4 Å². The van der Waals surface area contributed by atoms with Crippen molar-refractivity contribution in [2.75, 3.05) is 0 Å². The Morgan fingerprint density at radius 1 is 1.05 bits per heavy atom. The van der Waals surface area contributed by atoms with Crippen LogP contribution in [-0.2, 0) is 0 Å². The fourth-order valence-electron chi connectivity index (χ4n) is 3.01. The summed E-state index contributed by atoms with van der Waals surface area (Å²) < 4.78 is 0. The lowest BCUT2D eigenvalue weighted by Gasteiger charge is -2.11. The number of benzene rings is 1. The Morgan fingerprint density at radius 2 is 1.71 bits per heavy atom. The predicted molar refractivity (Wildman–Crippen MR) is 87.8 cm³/mol. The van der Waals surface area contributed by atoms with Crippen LogP contribution in [0.25, 0.3) is 11.4 Å². The molecule has 0 bridgehead atoms. The van der Waals surface area contributed by atoms with Gasteiger partial charge in [0.15, 0.2) is 5.82 Å². The maximum absolute atomic E-state index is 6.21. The molecule has 0 unspecified atom stereocenters. The molecule has 2 aromatic rings. The van der Waals surface area contributed by atoms with Gasteiger partial charge in [-0.25, -0.2) is 9.97 Å². The number of hydrogen-bond donors (Lipinski definition) is 0. The highest BCUT2D eigenvalue weighted by molar-refractivity contribution is 6.29. The van der Waals surface area contributed by atoms with Crippen molar-refractivity contribution in [1.29, 1.82) is 0 Å². The second-order valence-corrected chi connectivity index (χ2v) is 6.58. The number of halogens is 1. The van der Waals surface area contributed by atoms with E-state index in [4.69, 9.17) is 16.6 Å². The standard InChI is InChI=1S/C18H21ClN2/c1-12(2)13-7-9-15(10-8-13)18-20-16(11-17(19)21-18)14-5-3-4-6-14/h7-12,14H,3-6H2,1-2H3. The molecule has 0 saturated heterocycles. The van der Waals surface area contributed by atoms with Crippen molar-refractivity contribution in [1.82, 2.24) is 9.97 Å². The van der Waals surface area contributed by atoms with Crippen molar-refractivity contribution in [3.63, 3.8) is 0 Å². The molecule has 0 amide bonds. The van der Waals surface area contributed by atoms with Crippen LogP contribution < -0.4 is 0 Å². The Hall–Kier alpha value is -1.41. The fraction of sp³-hybridized carbons (Fsp3) is 0.444. The first-order chi connectivity index (χ1) is 10.1. The molecule has 1 aromatic carbocycles. The zero-order valence-corrected chi connectivity index (χ0v) is 13.4. The van der Waals surface area contributed by atoms with Gasteiger partial charge in [0.2, 0.25) is 0 Å². The highest BCUT2D eigenvalue weighted by atomic mass is 35.5. The number of nitrogens with zero attached hydrogens (tertiary/aromatic N) is 2. The Labute approximate surface area is 131 Å². The van der Waals surface area contributed by atoms with E-state index in [1.165, 1.54) is 31.2 Å². The van der Waals surface area contributed by atoms with Crippen LogP contribution in [0.4, 0.5) is 0 Å². The first-order valence-corrected chi connectivity index (χ1v) is 8.16.